The molecule has 0 saturated carbocycles. The second-order valence-electron chi connectivity index (χ2n) is 3.30. The van der Waals surface area contributed by atoms with Crippen molar-refractivity contribution in [3.05, 3.63) is 40.8 Å². The summed E-state index contributed by atoms with van der Waals surface area (Å²) in [5.41, 5.74) is 1.50. The van der Waals surface area contributed by atoms with E-state index < -0.39 is 0 Å². The van der Waals surface area contributed by atoms with Crippen LogP contribution in [-0.4, -0.2) is 16.6 Å². The first-order chi connectivity index (χ1) is 8.20. The van der Waals surface area contributed by atoms with Gasteiger partial charge in [-0.3, -0.25) is 0 Å². The third-order valence-corrected chi connectivity index (χ3v) is 2.68. The maximum Gasteiger partial charge on any atom is 0.133 e. The smallest absolute Gasteiger partial charge is 0.133 e. The van der Waals surface area contributed by atoms with Crippen molar-refractivity contribution in [2.75, 3.05) is 6.61 Å². The Balaban J connectivity index is 2.39. The summed E-state index contributed by atoms with van der Waals surface area (Å²) in [6.45, 7) is 2.53. The standard InChI is InChI=1S/C12H10Cl2N2O/c1-2-17-8-3-4-9(10(13)5-8)11-6-12(14)16-7-15-11/h3-7H,2H2,1H3. The number of rotatable bonds is 3. The molecule has 88 valence electrons. The number of halogens is 2. The maximum absolute atomic E-state index is 6.17. The molecule has 0 spiro atoms. The monoisotopic (exact) mass is 268 g/mol. The molecule has 0 radical (unpaired) electrons. The van der Waals surface area contributed by atoms with Gasteiger partial charge in [-0.15, -0.1) is 0 Å². The second kappa shape index (κ2) is 5.34. The Morgan fingerprint density at radius 1 is 1.18 bits per heavy atom. The van der Waals surface area contributed by atoms with Crippen molar-refractivity contribution in [2.24, 2.45) is 0 Å². The molecular weight excluding hydrogens is 259 g/mol. The minimum atomic E-state index is 0.389. The van der Waals surface area contributed by atoms with Gasteiger partial charge in [0.2, 0.25) is 0 Å². The zero-order valence-corrected chi connectivity index (χ0v) is 10.7. The molecule has 0 aliphatic carbocycles. The zero-order chi connectivity index (χ0) is 12.3. The molecule has 0 amide bonds. The van der Waals surface area contributed by atoms with E-state index in [1.165, 1.54) is 6.33 Å². The number of hydrogen-bond acceptors (Lipinski definition) is 3. The molecule has 0 saturated heterocycles. The van der Waals surface area contributed by atoms with Crippen LogP contribution in [0.15, 0.2) is 30.6 Å². The van der Waals surface area contributed by atoms with Crippen LogP contribution in [0, 0.1) is 0 Å². The summed E-state index contributed by atoms with van der Waals surface area (Å²) < 4.78 is 5.36. The van der Waals surface area contributed by atoms with E-state index in [1.807, 2.05) is 19.1 Å². The number of nitrogens with zero attached hydrogens (tertiary/aromatic N) is 2. The van der Waals surface area contributed by atoms with E-state index in [-0.39, 0.29) is 0 Å². The molecule has 0 N–H and O–H groups in total. The average Bonchev–Trinajstić information content (AvgIpc) is 2.29. The fourth-order valence-electron chi connectivity index (χ4n) is 1.44. The van der Waals surface area contributed by atoms with Crippen LogP contribution in [0.1, 0.15) is 6.92 Å². The molecule has 17 heavy (non-hydrogen) atoms. The average molecular weight is 269 g/mol. The summed E-state index contributed by atoms with van der Waals surface area (Å²) in [5, 5.41) is 0.964. The predicted octanol–water partition coefficient (Wildman–Crippen LogP) is 3.85. The highest BCUT2D eigenvalue weighted by atomic mass is 35.5. The highest BCUT2D eigenvalue weighted by Crippen LogP contribution is 2.30. The molecular formula is C12H10Cl2N2O. The van der Waals surface area contributed by atoms with Crippen LogP contribution >= 0.6 is 23.2 Å². The quantitative estimate of drug-likeness (QED) is 0.794. The molecule has 1 aromatic heterocycles. The Hall–Kier alpha value is -1.32. The number of benzene rings is 1. The van der Waals surface area contributed by atoms with E-state index in [0.29, 0.717) is 22.5 Å². The number of hydrogen-bond donors (Lipinski definition) is 0. The van der Waals surface area contributed by atoms with Crippen molar-refractivity contribution in [1.82, 2.24) is 9.97 Å². The molecule has 1 aromatic carbocycles. The fraction of sp³-hybridized carbons (Fsp3) is 0.167. The van der Waals surface area contributed by atoms with Crippen LogP contribution in [0.25, 0.3) is 11.3 Å². The highest BCUT2D eigenvalue weighted by molar-refractivity contribution is 6.33. The van der Waals surface area contributed by atoms with Crippen LogP contribution < -0.4 is 4.74 Å². The molecule has 0 fully saturated rings. The third kappa shape index (κ3) is 2.87. The Kier molecular flexibility index (Phi) is 3.82. The molecule has 0 aliphatic rings. The largest absolute Gasteiger partial charge is 0.494 e. The van der Waals surface area contributed by atoms with Gasteiger partial charge in [0.05, 0.1) is 17.3 Å². The molecule has 2 aromatic rings. The minimum Gasteiger partial charge on any atom is -0.494 e. The fourth-order valence-corrected chi connectivity index (χ4v) is 1.86. The van der Waals surface area contributed by atoms with Gasteiger partial charge in [-0.1, -0.05) is 23.2 Å². The van der Waals surface area contributed by atoms with Crippen molar-refractivity contribution in [2.45, 2.75) is 6.92 Å². The summed E-state index contributed by atoms with van der Waals surface area (Å²) in [6.07, 6.45) is 1.41. The van der Waals surface area contributed by atoms with Crippen molar-refractivity contribution >= 4 is 23.2 Å². The molecule has 5 heteroatoms. The Labute approximate surface area is 109 Å². The van der Waals surface area contributed by atoms with Gasteiger partial charge in [-0.05, 0) is 25.1 Å². The molecule has 3 nitrogen and oxygen atoms in total. The highest BCUT2D eigenvalue weighted by Gasteiger charge is 2.07. The molecule has 1 heterocycles. The third-order valence-electron chi connectivity index (χ3n) is 2.16. The lowest BCUT2D eigenvalue weighted by molar-refractivity contribution is 0.340. The van der Waals surface area contributed by atoms with E-state index in [2.05, 4.69) is 9.97 Å². The van der Waals surface area contributed by atoms with Crippen molar-refractivity contribution in [1.29, 1.82) is 0 Å². The summed E-state index contributed by atoms with van der Waals surface area (Å²) >= 11 is 12.0. The summed E-state index contributed by atoms with van der Waals surface area (Å²) in [6, 6.07) is 7.13. The maximum atomic E-state index is 6.17. The van der Waals surface area contributed by atoms with E-state index in [9.17, 15) is 0 Å². The van der Waals surface area contributed by atoms with E-state index in [4.69, 9.17) is 27.9 Å². The lowest BCUT2D eigenvalue weighted by Crippen LogP contribution is -1.92. The first-order valence-electron chi connectivity index (χ1n) is 5.11. The Morgan fingerprint density at radius 3 is 2.65 bits per heavy atom. The van der Waals surface area contributed by atoms with Crippen LogP contribution in [0.4, 0.5) is 0 Å². The van der Waals surface area contributed by atoms with Gasteiger partial charge in [0.15, 0.2) is 0 Å². The molecule has 0 bridgehead atoms. The first-order valence-corrected chi connectivity index (χ1v) is 5.86. The minimum absolute atomic E-state index is 0.389. The van der Waals surface area contributed by atoms with Crippen molar-refractivity contribution in [3.8, 4) is 17.0 Å². The second-order valence-corrected chi connectivity index (χ2v) is 4.10. The first kappa shape index (κ1) is 12.1. The van der Waals surface area contributed by atoms with Gasteiger partial charge < -0.3 is 4.74 Å². The van der Waals surface area contributed by atoms with E-state index >= 15 is 0 Å². The van der Waals surface area contributed by atoms with E-state index in [1.54, 1.807) is 12.1 Å². The molecule has 2 rings (SSSR count). The van der Waals surface area contributed by atoms with Crippen molar-refractivity contribution in [3.63, 3.8) is 0 Å². The SMILES string of the molecule is CCOc1ccc(-c2cc(Cl)ncn2)c(Cl)c1. The summed E-state index contributed by atoms with van der Waals surface area (Å²) in [4.78, 5) is 7.95. The topological polar surface area (TPSA) is 35.0 Å². The van der Waals surface area contributed by atoms with Crippen LogP contribution in [0.2, 0.25) is 10.2 Å². The van der Waals surface area contributed by atoms with Crippen LogP contribution in [0.5, 0.6) is 5.75 Å². The van der Waals surface area contributed by atoms with Gasteiger partial charge in [0.1, 0.15) is 17.2 Å². The zero-order valence-electron chi connectivity index (χ0n) is 9.15. The molecule has 0 unspecified atom stereocenters. The van der Waals surface area contributed by atoms with E-state index in [0.717, 1.165) is 11.3 Å². The van der Waals surface area contributed by atoms with Gasteiger partial charge in [0.25, 0.3) is 0 Å². The lowest BCUT2D eigenvalue weighted by atomic mass is 10.1. The van der Waals surface area contributed by atoms with Gasteiger partial charge >= 0.3 is 0 Å². The molecule has 0 aliphatic heterocycles. The van der Waals surface area contributed by atoms with Crippen LogP contribution in [0.3, 0.4) is 0 Å². The number of ether oxygens (including phenoxy) is 1. The normalized spacial score (nSPS) is 10.3. The van der Waals surface area contributed by atoms with Crippen molar-refractivity contribution < 1.29 is 4.74 Å². The van der Waals surface area contributed by atoms with Gasteiger partial charge in [-0.25, -0.2) is 9.97 Å². The predicted molar refractivity (Wildman–Crippen MR) is 68.7 cm³/mol. The summed E-state index contributed by atoms with van der Waals surface area (Å²) in [5.74, 6) is 0.737. The lowest BCUT2D eigenvalue weighted by Gasteiger charge is -2.07. The Bertz CT molecular complexity index is 532. The van der Waals surface area contributed by atoms with Gasteiger partial charge in [-0.2, -0.15) is 0 Å². The van der Waals surface area contributed by atoms with Gasteiger partial charge in [0, 0.05) is 11.6 Å². The summed E-state index contributed by atoms with van der Waals surface area (Å²) in [7, 11) is 0. The van der Waals surface area contributed by atoms with Crippen LogP contribution in [-0.2, 0) is 0 Å². The number of aromatic nitrogens is 2. The Morgan fingerprint density at radius 2 is 2.00 bits per heavy atom. The molecule has 0 atom stereocenters.